The van der Waals surface area contributed by atoms with Gasteiger partial charge in [0.15, 0.2) is 0 Å². The van der Waals surface area contributed by atoms with Crippen LogP contribution in [-0.2, 0) is 20.6 Å². The summed E-state index contributed by atoms with van der Waals surface area (Å²) < 4.78 is 39.9. The highest BCUT2D eigenvalue weighted by Crippen LogP contribution is 2.52. The Hall–Kier alpha value is -2.42. The Kier molecular flexibility index (Phi) is 5.49. The summed E-state index contributed by atoms with van der Waals surface area (Å²) in [5.41, 5.74) is -3.42. The molecule has 0 bridgehead atoms. The number of amides is 2. The second-order valence-corrected chi connectivity index (χ2v) is 9.81. The molecule has 0 radical (unpaired) electrons. The largest absolute Gasteiger partial charge is 0.480 e. The molecule has 0 saturated carbocycles. The number of hydrogen-bond donors (Lipinski definition) is 2. The van der Waals surface area contributed by atoms with E-state index in [1.54, 1.807) is 34.6 Å². The minimum Gasteiger partial charge on any atom is -0.480 e. The zero-order chi connectivity index (χ0) is 23.5. The summed E-state index contributed by atoms with van der Waals surface area (Å²) in [6.45, 7) is 8.59. The molecule has 0 spiro atoms. The maximum absolute atomic E-state index is 13.4. The number of rotatable bonds is 4. The van der Waals surface area contributed by atoms with Crippen molar-refractivity contribution < 1.29 is 32.7 Å². The van der Waals surface area contributed by atoms with E-state index in [1.165, 1.54) is 12.1 Å². The van der Waals surface area contributed by atoms with Crippen molar-refractivity contribution in [2.45, 2.75) is 64.3 Å². The van der Waals surface area contributed by atoms with E-state index in [9.17, 15) is 32.7 Å². The second-order valence-electron chi connectivity index (χ2n) is 9.81. The summed E-state index contributed by atoms with van der Waals surface area (Å²) in [6.07, 6.45) is -4.54. The normalized spacial score (nSPS) is 29.1. The van der Waals surface area contributed by atoms with Gasteiger partial charge in [-0.2, -0.15) is 13.2 Å². The van der Waals surface area contributed by atoms with E-state index >= 15 is 0 Å². The standard InChI is InChI=1S/C22H27F3N2O4/c1-11(2)10-21(19(30)31)15-14(17(28)27(18(15)29)20(3,4)5)16(26-21)12-7-6-8-13(9-12)22(23,24)25/h6-9,11,14-16,26H,10H2,1-5H3,(H,30,31). The van der Waals surface area contributed by atoms with Gasteiger partial charge in [-0.15, -0.1) is 0 Å². The molecule has 2 aliphatic rings. The molecule has 2 N–H and O–H groups in total. The molecule has 31 heavy (non-hydrogen) atoms. The Bertz CT molecular complexity index is 922. The van der Waals surface area contributed by atoms with Gasteiger partial charge in [-0.1, -0.05) is 26.0 Å². The van der Waals surface area contributed by atoms with Crippen molar-refractivity contribution in [1.29, 1.82) is 0 Å². The van der Waals surface area contributed by atoms with Crippen LogP contribution in [0, 0.1) is 17.8 Å². The number of nitrogens with zero attached hydrogens (tertiary/aromatic N) is 1. The Balaban J connectivity index is 2.20. The van der Waals surface area contributed by atoms with Crippen LogP contribution in [0.3, 0.4) is 0 Å². The molecule has 2 saturated heterocycles. The summed E-state index contributed by atoms with van der Waals surface area (Å²) >= 11 is 0. The molecule has 2 amide bonds. The van der Waals surface area contributed by atoms with Gasteiger partial charge in [0.25, 0.3) is 0 Å². The Morgan fingerprint density at radius 1 is 1.19 bits per heavy atom. The van der Waals surface area contributed by atoms with E-state index in [0.29, 0.717) is 0 Å². The van der Waals surface area contributed by atoms with Gasteiger partial charge in [-0.05, 0) is 50.8 Å². The first kappa shape index (κ1) is 23.2. The van der Waals surface area contributed by atoms with E-state index in [1.807, 2.05) is 0 Å². The fourth-order valence-electron chi connectivity index (χ4n) is 4.97. The lowest BCUT2D eigenvalue weighted by Crippen LogP contribution is -2.58. The van der Waals surface area contributed by atoms with Crippen LogP contribution in [0.2, 0.25) is 0 Å². The summed E-state index contributed by atoms with van der Waals surface area (Å²) in [7, 11) is 0. The van der Waals surface area contributed by atoms with Crippen LogP contribution in [-0.4, -0.2) is 38.9 Å². The molecule has 170 valence electrons. The topological polar surface area (TPSA) is 86.7 Å². The zero-order valence-corrected chi connectivity index (χ0v) is 18.1. The highest BCUT2D eigenvalue weighted by molar-refractivity contribution is 6.10. The summed E-state index contributed by atoms with van der Waals surface area (Å²) in [6, 6.07) is 3.44. The fourth-order valence-corrected chi connectivity index (χ4v) is 4.97. The molecule has 1 aromatic rings. The number of carboxylic acid groups (broad SMARTS) is 1. The molecule has 2 fully saturated rings. The summed E-state index contributed by atoms with van der Waals surface area (Å²) in [5.74, 6) is -4.92. The number of carboxylic acids is 1. The third kappa shape index (κ3) is 3.73. The monoisotopic (exact) mass is 440 g/mol. The smallest absolute Gasteiger partial charge is 0.416 e. The molecule has 2 heterocycles. The lowest BCUT2D eigenvalue weighted by Gasteiger charge is -2.36. The summed E-state index contributed by atoms with van der Waals surface area (Å²) in [4.78, 5) is 40.3. The number of likely N-dealkylation sites (tertiary alicyclic amines) is 1. The van der Waals surface area contributed by atoms with E-state index in [0.717, 1.165) is 17.0 Å². The number of carbonyl (C=O) groups is 3. The molecule has 0 aromatic heterocycles. The highest BCUT2D eigenvalue weighted by Gasteiger charge is 2.69. The average Bonchev–Trinajstić information content (AvgIpc) is 3.08. The molecular formula is C22H27F3N2O4. The van der Waals surface area contributed by atoms with Crippen molar-refractivity contribution >= 4 is 17.8 Å². The summed E-state index contributed by atoms with van der Waals surface area (Å²) in [5, 5.41) is 13.1. The van der Waals surface area contributed by atoms with Crippen molar-refractivity contribution in [1.82, 2.24) is 10.2 Å². The molecule has 4 unspecified atom stereocenters. The van der Waals surface area contributed by atoms with E-state index in [4.69, 9.17) is 0 Å². The van der Waals surface area contributed by atoms with Gasteiger partial charge in [0.1, 0.15) is 5.54 Å². The minimum atomic E-state index is -4.59. The van der Waals surface area contributed by atoms with Crippen molar-refractivity contribution in [2.24, 2.45) is 17.8 Å². The van der Waals surface area contributed by atoms with Crippen LogP contribution in [0.15, 0.2) is 24.3 Å². The van der Waals surface area contributed by atoms with Crippen LogP contribution in [0.25, 0.3) is 0 Å². The van der Waals surface area contributed by atoms with Gasteiger partial charge >= 0.3 is 12.1 Å². The quantitative estimate of drug-likeness (QED) is 0.699. The van der Waals surface area contributed by atoms with Gasteiger partial charge in [0, 0.05) is 11.6 Å². The van der Waals surface area contributed by atoms with Crippen molar-refractivity contribution in [3.05, 3.63) is 35.4 Å². The number of alkyl halides is 3. The average molecular weight is 440 g/mol. The predicted molar refractivity (Wildman–Crippen MR) is 106 cm³/mol. The number of aliphatic carboxylic acids is 1. The molecule has 2 aliphatic heterocycles. The SMILES string of the molecule is CC(C)CC1(C(=O)O)NC(c2cccc(C(F)(F)F)c2)C2C(=O)N(C(C)(C)C)C(=O)C21. The van der Waals surface area contributed by atoms with Gasteiger partial charge in [0.05, 0.1) is 17.4 Å². The molecule has 6 nitrogen and oxygen atoms in total. The predicted octanol–water partition coefficient (Wildman–Crippen LogP) is 3.62. The molecule has 1 aromatic carbocycles. The van der Waals surface area contributed by atoms with Crippen LogP contribution >= 0.6 is 0 Å². The highest BCUT2D eigenvalue weighted by atomic mass is 19.4. The van der Waals surface area contributed by atoms with Crippen molar-refractivity contribution in [2.75, 3.05) is 0 Å². The molecule has 4 atom stereocenters. The number of benzene rings is 1. The van der Waals surface area contributed by atoms with E-state index in [-0.39, 0.29) is 17.9 Å². The number of imide groups is 1. The first-order valence-corrected chi connectivity index (χ1v) is 10.2. The lowest BCUT2D eigenvalue weighted by atomic mass is 9.75. The molecule has 3 rings (SSSR count). The van der Waals surface area contributed by atoms with Gasteiger partial charge in [0.2, 0.25) is 11.8 Å². The maximum atomic E-state index is 13.4. The molecule has 9 heteroatoms. The number of hydrogen-bond acceptors (Lipinski definition) is 4. The van der Waals surface area contributed by atoms with Gasteiger partial charge in [-0.3, -0.25) is 24.6 Å². The minimum absolute atomic E-state index is 0.0516. The van der Waals surface area contributed by atoms with Crippen LogP contribution in [0.1, 0.15) is 58.2 Å². The Morgan fingerprint density at radius 2 is 1.81 bits per heavy atom. The number of fused-ring (bicyclic) bond motifs is 1. The van der Waals surface area contributed by atoms with Crippen LogP contribution < -0.4 is 5.32 Å². The van der Waals surface area contributed by atoms with E-state index < -0.39 is 58.5 Å². The Morgan fingerprint density at radius 3 is 2.29 bits per heavy atom. The van der Waals surface area contributed by atoms with Crippen LogP contribution in [0.4, 0.5) is 13.2 Å². The first-order chi connectivity index (χ1) is 14.1. The first-order valence-electron chi connectivity index (χ1n) is 10.2. The lowest BCUT2D eigenvalue weighted by molar-refractivity contribution is -0.154. The number of nitrogens with one attached hydrogen (secondary N) is 1. The fraction of sp³-hybridized carbons (Fsp3) is 0.591. The van der Waals surface area contributed by atoms with Crippen molar-refractivity contribution in [3.63, 3.8) is 0 Å². The van der Waals surface area contributed by atoms with Gasteiger partial charge < -0.3 is 5.11 Å². The molecular weight excluding hydrogens is 413 g/mol. The maximum Gasteiger partial charge on any atom is 0.416 e. The zero-order valence-electron chi connectivity index (χ0n) is 18.1. The number of halogens is 3. The Labute approximate surface area is 178 Å². The van der Waals surface area contributed by atoms with Gasteiger partial charge in [-0.25, -0.2) is 0 Å². The third-order valence-electron chi connectivity index (χ3n) is 6.01. The number of carbonyl (C=O) groups excluding carboxylic acids is 2. The van der Waals surface area contributed by atoms with E-state index in [2.05, 4.69) is 5.32 Å². The second kappa shape index (κ2) is 7.32. The molecule has 0 aliphatic carbocycles. The van der Waals surface area contributed by atoms with Crippen molar-refractivity contribution in [3.8, 4) is 0 Å². The van der Waals surface area contributed by atoms with Crippen LogP contribution in [0.5, 0.6) is 0 Å². The third-order valence-corrected chi connectivity index (χ3v) is 6.01.